The zero-order chi connectivity index (χ0) is 11.5. The first-order valence-electron chi connectivity index (χ1n) is 5.07. The molecule has 90 valence electrons. The molecule has 0 bridgehead atoms. The van der Waals surface area contributed by atoms with Gasteiger partial charge in [-0.3, -0.25) is 4.79 Å². The third-order valence-electron chi connectivity index (χ3n) is 1.83. The van der Waals surface area contributed by atoms with Gasteiger partial charge in [-0.15, -0.1) is 0 Å². The number of aliphatic carboxylic acids is 1. The molecule has 0 aliphatic rings. The summed E-state index contributed by atoms with van der Waals surface area (Å²) in [5.41, 5.74) is 0. The van der Waals surface area contributed by atoms with E-state index in [0.717, 1.165) is 0 Å². The van der Waals surface area contributed by atoms with Gasteiger partial charge in [0.2, 0.25) is 0 Å². The van der Waals surface area contributed by atoms with Crippen LogP contribution in [-0.2, 0) is 19.0 Å². The molecule has 15 heavy (non-hydrogen) atoms. The van der Waals surface area contributed by atoms with E-state index in [-0.39, 0.29) is 12.5 Å². The Balaban J connectivity index is 3.16. The standard InChI is InChI=1S/C10H20O5/c1-9(3-4-10(11)12)15-8-7-14-6-5-13-2/h9H,3-8H2,1-2H3,(H,11,12). The van der Waals surface area contributed by atoms with Crippen LogP contribution in [0, 0.1) is 0 Å². The van der Waals surface area contributed by atoms with E-state index in [1.54, 1.807) is 7.11 Å². The van der Waals surface area contributed by atoms with Gasteiger partial charge in [0.05, 0.1) is 32.5 Å². The SMILES string of the molecule is COCCOCCOC(C)CCC(=O)O. The molecule has 0 rings (SSSR count). The number of carboxylic acids is 1. The lowest BCUT2D eigenvalue weighted by Crippen LogP contribution is -2.15. The van der Waals surface area contributed by atoms with E-state index in [1.165, 1.54) is 0 Å². The summed E-state index contributed by atoms with van der Waals surface area (Å²) < 4.78 is 15.3. The van der Waals surface area contributed by atoms with E-state index in [1.807, 2.05) is 6.92 Å². The molecule has 0 radical (unpaired) electrons. The molecular formula is C10H20O5. The lowest BCUT2D eigenvalue weighted by molar-refractivity contribution is -0.137. The molecule has 0 aromatic carbocycles. The van der Waals surface area contributed by atoms with Crippen molar-refractivity contribution < 1.29 is 24.1 Å². The van der Waals surface area contributed by atoms with Crippen LogP contribution in [0.1, 0.15) is 19.8 Å². The Labute approximate surface area is 90.3 Å². The number of rotatable bonds is 10. The van der Waals surface area contributed by atoms with Crippen LogP contribution < -0.4 is 0 Å². The molecule has 0 aliphatic heterocycles. The van der Waals surface area contributed by atoms with Gasteiger partial charge in [0.25, 0.3) is 0 Å². The first kappa shape index (κ1) is 14.3. The number of ether oxygens (including phenoxy) is 3. The number of hydrogen-bond donors (Lipinski definition) is 1. The summed E-state index contributed by atoms with van der Waals surface area (Å²) >= 11 is 0. The van der Waals surface area contributed by atoms with Crippen LogP contribution in [-0.4, -0.2) is 50.7 Å². The molecule has 0 aliphatic carbocycles. The Morgan fingerprint density at radius 2 is 1.93 bits per heavy atom. The summed E-state index contributed by atoms with van der Waals surface area (Å²) in [6, 6.07) is 0. The fourth-order valence-corrected chi connectivity index (χ4v) is 0.963. The summed E-state index contributed by atoms with van der Waals surface area (Å²) in [5.74, 6) is -0.790. The van der Waals surface area contributed by atoms with Crippen molar-refractivity contribution in [1.82, 2.24) is 0 Å². The van der Waals surface area contributed by atoms with Crippen LogP contribution in [0.4, 0.5) is 0 Å². The largest absolute Gasteiger partial charge is 0.481 e. The van der Waals surface area contributed by atoms with Crippen molar-refractivity contribution in [2.24, 2.45) is 0 Å². The number of methoxy groups -OCH3 is 1. The van der Waals surface area contributed by atoms with Gasteiger partial charge in [-0.25, -0.2) is 0 Å². The summed E-state index contributed by atoms with van der Waals surface area (Å²) in [4.78, 5) is 10.3. The molecule has 0 saturated carbocycles. The molecule has 0 saturated heterocycles. The van der Waals surface area contributed by atoms with E-state index in [2.05, 4.69) is 0 Å². The molecule has 1 atom stereocenters. The van der Waals surface area contributed by atoms with Crippen LogP contribution in [0.15, 0.2) is 0 Å². The maximum Gasteiger partial charge on any atom is 0.303 e. The Bertz CT molecular complexity index is 160. The number of carboxylic acid groups (broad SMARTS) is 1. The van der Waals surface area contributed by atoms with Crippen molar-refractivity contribution in [2.45, 2.75) is 25.9 Å². The molecule has 0 amide bonds. The average molecular weight is 220 g/mol. The van der Waals surface area contributed by atoms with Crippen LogP contribution in [0.2, 0.25) is 0 Å². The molecule has 5 heteroatoms. The fourth-order valence-electron chi connectivity index (χ4n) is 0.963. The second-order valence-corrected chi connectivity index (χ2v) is 3.22. The van der Waals surface area contributed by atoms with Crippen LogP contribution in [0.25, 0.3) is 0 Å². The minimum atomic E-state index is -0.790. The summed E-state index contributed by atoms with van der Waals surface area (Å²) in [6.45, 7) is 4.00. The van der Waals surface area contributed by atoms with Crippen molar-refractivity contribution in [1.29, 1.82) is 0 Å². The fraction of sp³-hybridized carbons (Fsp3) is 0.900. The Kier molecular flexibility index (Phi) is 9.46. The van der Waals surface area contributed by atoms with Crippen molar-refractivity contribution >= 4 is 5.97 Å². The van der Waals surface area contributed by atoms with E-state index in [0.29, 0.717) is 32.8 Å². The van der Waals surface area contributed by atoms with Gasteiger partial charge in [0.1, 0.15) is 0 Å². The van der Waals surface area contributed by atoms with Crippen molar-refractivity contribution in [2.75, 3.05) is 33.5 Å². The van der Waals surface area contributed by atoms with Crippen molar-refractivity contribution in [3.05, 3.63) is 0 Å². The molecule has 1 unspecified atom stereocenters. The molecular weight excluding hydrogens is 200 g/mol. The van der Waals surface area contributed by atoms with E-state index in [4.69, 9.17) is 19.3 Å². The van der Waals surface area contributed by atoms with Crippen molar-refractivity contribution in [3.8, 4) is 0 Å². The normalized spacial score (nSPS) is 12.7. The minimum absolute atomic E-state index is 0.0351. The van der Waals surface area contributed by atoms with E-state index in [9.17, 15) is 4.79 Å². The van der Waals surface area contributed by atoms with Gasteiger partial charge < -0.3 is 19.3 Å². The van der Waals surface area contributed by atoms with E-state index >= 15 is 0 Å². The second kappa shape index (κ2) is 9.89. The predicted molar refractivity (Wildman–Crippen MR) is 55.0 cm³/mol. The number of carbonyl (C=O) groups is 1. The third kappa shape index (κ3) is 11.3. The predicted octanol–water partition coefficient (Wildman–Crippen LogP) is 0.919. The highest BCUT2D eigenvalue weighted by Gasteiger charge is 2.04. The first-order chi connectivity index (χ1) is 7.16. The average Bonchev–Trinajstić information content (AvgIpc) is 2.20. The Morgan fingerprint density at radius 3 is 2.53 bits per heavy atom. The van der Waals surface area contributed by atoms with Gasteiger partial charge in [0, 0.05) is 13.5 Å². The zero-order valence-corrected chi connectivity index (χ0v) is 9.40. The van der Waals surface area contributed by atoms with Crippen molar-refractivity contribution in [3.63, 3.8) is 0 Å². The smallest absolute Gasteiger partial charge is 0.303 e. The van der Waals surface area contributed by atoms with Crippen LogP contribution in [0.3, 0.4) is 0 Å². The molecule has 5 nitrogen and oxygen atoms in total. The Morgan fingerprint density at radius 1 is 1.27 bits per heavy atom. The van der Waals surface area contributed by atoms with Crippen LogP contribution >= 0.6 is 0 Å². The third-order valence-corrected chi connectivity index (χ3v) is 1.83. The summed E-state index contributed by atoms with van der Waals surface area (Å²) in [5, 5.41) is 8.44. The monoisotopic (exact) mass is 220 g/mol. The molecule has 0 spiro atoms. The lowest BCUT2D eigenvalue weighted by atomic mass is 10.2. The maximum absolute atomic E-state index is 10.3. The maximum atomic E-state index is 10.3. The molecule has 0 fully saturated rings. The summed E-state index contributed by atoms with van der Waals surface area (Å²) in [7, 11) is 1.62. The second-order valence-electron chi connectivity index (χ2n) is 3.22. The Hall–Kier alpha value is -0.650. The first-order valence-corrected chi connectivity index (χ1v) is 5.07. The van der Waals surface area contributed by atoms with Gasteiger partial charge in [-0.1, -0.05) is 0 Å². The molecule has 0 aromatic rings. The quantitative estimate of drug-likeness (QED) is 0.554. The number of hydrogen-bond acceptors (Lipinski definition) is 4. The molecule has 1 N–H and O–H groups in total. The summed E-state index contributed by atoms with van der Waals surface area (Å²) in [6.07, 6.45) is 0.645. The zero-order valence-electron chi connectivity index (χ0n) is 9.40. The highest BCUT2D eigenvalue weighted by Crippen LogP contribution is 2.01. The highest BCUT2D eigenvalue weighted by molar-refractivity contribution is 5.66. The lowest BCUT2D eigenvalue weighted by Gasteiger charge is -2.11. The topological polar surface area (TPSA) is 65.0 Å². The van der Waals surface area contributed by atoms with Gasteiger partial charge in [-0.05, 0) is 13.3 Å². The van der Waals surface area contributed by atoms with Gasteiger partial charge in [-0.2, -0.15) is 0 Å². The van der Waals surface area contributed by atoms with E-state index < -0.39 is 5.97 Å². The minimum Gasteiger partial charge on any atom is -0.481 e. The highest BCUT2D eigenvalue weighted by atomic mass is 16.5. The van der Waals surface area contributed by atoms with Gasteiger partial charge >= 0.3 is 5.97 Å². The molecule has 0 heterocycles. The molecule has 0 aromatic heterocycles. The van der Waals surface area contributed by atoms with Gasteiger partial charge in [0.15, 0.2) is 0 Å². The van der Waals surface area contributed by atoms with Crippen LogP contribution in [0.5, 0.6) is 0 Å².